The van der Waals surface area contributed by atoms with E-state index < -0.39 is 0 Å². The molecule has 106 valence electrons. The molecule has 0 N–H and O–H groups in total. The van der Waals surface area contributed by atoms with E-state index in [1.165, 1.54) is 0 Å². The number of halogens is 1. The number of hydrogen-bond acceptors (Lipinski definition) is 4. The third-order valence-electron chi connectivity index (χ3n) is 3.39. The summed E-state index contributed by atoms with van der Waals surface area (Å²) in [5, 5.41) is 10.5. The van der Waals surface area contributed by atoms with Crippen molar-refractivity contribution < 1.29 is 4.74 Å². The molecule has 5 heteroatoms. The van der Waals surface area contributed by atoms with Gasteiger partial charge in [-0.3, -0.25) is 0 Å². The van der Waals surface area contributed by atoms with Crippen molar-refractivity contribution in [1.29, 1.82) is 0 Å². The molecule has 0 fully saturated rings. The van der Waals surface area contributed by atoms with Crippen molar-refractivity contribution in [3.63, 3.8) is 0 Å². The van der Waals surface area contributed by atoms with Gasteiger partial charge >= 0.3 is 0 Å². The molecule has 2 aromatic carbocycles. The van der Waals surface area contributed by atoms with Crippen molar-refractivity contribution in [3.8, 4) is 5.75 Å². The maximum atomic E-state index is 6.12. The molecule has 0 aliphatic rings. The second kappa shape index (κ2) is 5.58. The summed E-state index contributed by atoms with van der Waals surface area (Å²) >= 11 is 6.12. The first-order chi connectivity index (χ1) is 10.2. The zero-order chi connectivity index (χ0) is 14.8. The molecule has 0 radical (unpaired) electrons. The SMILES string of the molecule is COc1ccccc1N(C)c1nnc(Cl)c2ccccc12. The zero-order valence-electron chi connectivity index (χ0n) is 11.7. The zero-order valence-corrected chi connectivity index (χ0v) is 12.5. The van der Waals surface area contributed by atoms with Gasteiger partial charge in [-0.05, 0) is 12.1 Å². The molecule has 21 heavy (non-hydrogen) atoms. The van der Waals surface area contributed by atoms with Crippen LogP contribution in [0.4, 0.5) is 11.5 Å². The lowest BCUT2D eigenvalue weighted by Gasteiger charge is -2.21. The highest BCUT2D eigenvalue weighted by atomic mass is 35.5. The number of anilines is 2. The van der Waals surface area contributed by atoms with E-state index in [0.717, 1.165) is 28.0 Å². The second-order valence-corrected chi connectivity index (χ2v) is 4.95. The molecule has 0 aliphatic carbocycles. The highest BCUT2D eigenvalue weighted by molar-refractivity contribution is 6.34. The van der Waals surface area contributed by atoms with Crippen molar-refractivity contribution in [3.05, 3.63) is 53.7 Å². The van der Waals surface area contributed by atoms with Gasteiger partial charge < -0.3 is 9.64 Å². The number of para-hydroxylation sites is 2. The summed E-state index contributed by atoms with van der Waals surface area (Å²) in [6.45, 7) is 0. The number of aromatic nitrogens is 2. The predicted molar refractivity (Wildman–Crippen MR) is 85.6 cm³/mol. The summed E-state index contributed by atoms with van der Waals surface area (Å²) in [7, 11) is 3.58. The van der Waals surface area contributed by atoms with Crippen LogP contribution in [0.15, 0.2) is 48.5 Å². The van der Waals surface area contributed by atoms with Crippen LogP contribution in [0.25, 0.3) is 10.8 Å². The third-order valence-corrected chi connectivity index (χ3v) is 3.67. The van der Waals surface area contributed by atoms with E-state index in [1.54, 1.807) is 7.11 Å². The van der Waals surface area contributed by atoms with Gasteiger partial charge in [0.1, 0.15) is 5.75 Å². The average molecular weight is 300 g/mol. The predicted octanol–water partition coefficient (Wildman–Crippen LogP) is 4.06. The van der Waals surface area contributed by atoms with Gasteiger partial charge in [0.2, 0.25) is 0 Å². The smallest absolute Gasteiger partial charge is 0.163 e. The van der Waals surface area contributed by atoms with Gasteiger partial charge in [0.05, 0.1) is 12.8 Å². The van der Waals surface area contributed by atoms with Gasteiger partial charge in [-0.25, -0.2) is 0 Å². The Morgan fingerprint density at radius 1 is 0.952 bits per heavy atom. The van der Waals surface area contributed by atoms with E-state index in [-0.39, 0.29) is 0 Å². The van der Waals surface area contributed by atoms with Crippen molar-refractivity contribution in [2.75, 3.05) is 19.1 Å². The van der Waals surface area contributed by atoms with Crippen LogP contribution >= 0.6 is 11.6 Å². The molecule has 0 bridgehead atoms. The molecule has 4 nitrogen and oxygen atoms in total. The number of benzene rings is 2. The first-order valence-electron chi connectivity index (χ1n) is 6.50. The Labute approximate surface area is 127 Å². The summed E-state index contributed by atoms with van der Waals surface area (Å²) in [4.78, 5) is 1.95. The number of ether oxygens (including phenoxy) is 1. The third kappa shape index (κ3) is 2.38. The average Bonchev–Trinajstić information content (AvgIpc) is 2.55. The van der Waals surface area contributed by atoms with E-state index in [2.05, 4.69) is 10.2 Å². The van der Waals surface area contributed by atoms with Gasteiger partial charge in [0.15, 0.2) is 11.0 Å². The quantitative estimate of drug-likeness (QED) is 0.731. The van der Waals surface area contributed by atoms with Crippen LogP contribution in [-0.4, -0.2) is 24.4 Å². The Morgan fingerprint density at radius 3 is 2.38 bits per heavy atom. The number of rotatable bonds is 3. The monoisotopic (exact) mass is 299 g/mol. The molecule has 0 saturated heterocycles. The summed E-state index contributed by atoms with van der Waals surface area (Å²) in [6.07, 6.45) is 0. The summed E-state index contributed by atoms with van der Waals surface area (Å²) in [6, 6.07) is 15.6. The molecule has 1 aromatic heterocycles. The minimum atomic E-state index is 0.405. The Kier molecular flexibility index (Phi) is 3.62. The van der Waals surface area contributed by atoms with Gasteiger partial charge in [-0.1, -0.05) is 48.0 Å². The Bertz CT molecular complexity index is 791. The Hall–Kier alpha value is -2.33. The van der Waals surface area contributed by atoms with E-state index >= 15 is 0 Å². The largest absolute Gasteiger partial charge is 0.495 e. The highest BCUT2D eigenvalue weighted by Gasteiger charge is 2.15. The van der Waals surface area contributed by atoms with Crippen LogP contribution in [0.2, 0.25) is 5.15 Å². The molecule has 0 aliphatic heterocycles. The maximum Gasteiger partial charge on any atom is 0.163 e. The van der Waals surface area contributed by atoms with Crippen LogP contribution in [0.3, 0.4) is 0 Å². The van der Waals surface area contributed by atoms with Gasteiger partial charge in [-0.2, -0.15) is 0 Å². The lowest BCUT2D eigenvalue weighted by molar-refractivity contribution is 0.415. The second-order valence-electron chi connectivity index (χ2n) is 4.59. The Morgan fingerprint density at radius 2 is 1.62 bits per heavy atom. The molecule has 3 aromatic rings. The van der Waals surface area contributed by atoms with Gasteiger partial charge in [0.25, 0.3) is 0 Å². The molecule has 0 atom stereocenters. The van der Waals surface area contributed by atoms with Crippen molar-refractivity contribution >= 4 is 33.9 Å². The van der Waals surface area contributed by atoms with Crippen LogP contribution in [0, 0.1) is 0 Å². The molecule has 3 rings (SSSR count). The normalized spacial score (nSPS) is 10.6. The van der Waals surface area contributed by atoms with Gasteiger partial charge in [-0.15, -0.1) is 10.2 Å². The van der Waals surface area contributed by atoms with Gasteiger partial charge in [0, 0.05) is 17.8 Å². The first kappa shape index (κ1) is 13.6. The van der Waals surface area contributed by atoms with E-state index in [0.29, 0.717) is 5.15 Å². The fourth-order valence-electron chi connectivity index (χ4n) is 2.33. The van der Waals surface area contributed by atoms with Crippen molar-refractivity contribution in [1.82, 2.24) is 10.2 Å². The van der Waals surface area contributed by atoms with E-state index in [4.69, 9.17) is 16.3 Å². The molecule has 1 heterocycles. The summed E-state index contributed by atoms with van der Waals surface area (Å²) in [5.74, 6) is 1.51. The topological polar surface area (TPSA) is 38.2 Å². The lowest BCUT2D eigenvalue weighted by atomic mass is 10.1. The van der Waals surface area contributed by atoms with Crippen LogP contribution in [0.1, 0.15) is 0 Å². The highest BCUT2D eigenvalue weighted by Crippen LogP contribution is 2.35. The number of methoxy groups -OCH3 is 1. The molecule has 0 unspecified atom stereocenters. The standard InChI is InChI=1S/C16H14ClN3O/c1-20(13-9-5-6-10-14(13)21-2)16-12-8-4-3-7-11(12)15(17)18-19-16/h3-10H,1-2H3. The maximum absolute atomic E-state index is 6.12. The lowest BCUT2D eigenvalue weighted by Crippen LogP contribution is -2.13. The van der Waals surface area contributed by atoms with Crippen LogP contribution in [0.5, 0.6) is 5.75 Å². The minimum absolute atomic E-state index is 0.405. The molecular formula is C16H14ClN3O. The first-order valence-corrected chi connectivity index (χ1v) is 6.88. The van der Waals surface area contributed by atoms with E-state index in [1.807, 2.05) is 60.5 Å². The minimum Gasteiger partial charge on any atom is -0.495 e. The summed E-state index contributed by atoms with van der Waals surface area (Å²) in [5.41, 5.74) is 0.918. The van der Waals surface area contributed by atoms with Crippen molar-refractivity contribution in [2.24, 2.45) is 0 Å². The van der Waals surface area contributed by atoms with Crippen LogP contribution < -0.4 is 9.64 Å². The molecule has 0 saturated carbocycles. The number of hydrogen-bond donors (Lipinski definition) is 0. The number of fused-ring (bicyclic) bond motifs is 1. The molecular weight excluding hydrogens is 286 g/mol. The fourth-order valence-corrected chi connectivity index (χ4v) is 2.53. The van der Waals surface area contributed by atoms with Crippen molar-refractivity contribution in [2.45, 2.75) is 0 Å². The molecule has 0 amide bonds. The Balaban J connectivity index is 2.18. The summed E-state index contributed by atoms with van der Waals surface area (Å²) < 4.78 is 5.41. The van der Waals surface area contributed by atoms with Crippen LogP contribution in [-0.2, 0) is 0 Å². The fraction of sp³-hybridized carbons (Fsp3) is 0.125. The van der Waals surface area contributed by atoms with E-state index in [9.17, 15) is 0 Å². The molecule has 0 spiro atoms. The number of nitrogens with zero attached hydrogens (tertiary/aromatic N) is 3.